The third-order valence-electron chi connectivity index (χ3n) is 4.59. The van der Waals surface area contributed by atoms with Crippen LogP contribution in [0.25, 0.3) is 17.0 Å². The third-order valence-corrected chi connectivity index (χ3v) is 4.59. The van der Waals surface area contributed by atoms with Gasteiger partial charge in [-0.25, -0.2) is 9.37 Å². The Morgan fingerprint density at radius 2 is 2.15 bits per heavy atom. The number of aromatic amines is 1. The molecule has 1 saturated heterocycles. The molecule has 0 bridgehead atoms. The number of piperidine rings is 1. The van der Waals surface area contributed by atoms with E-state index in [1.165, 1.54) is 6.07 Å². The molecule has 26 heavy (non-hydrogen) atoms. The molecule has 134 valence electrons. The highest BCUT2D eigenvalue weighted by molar-refractivity contribution is 6.10. The second-order valence-electron chi connectivity index (χ2n) is 6.51. The van der Waals surface area contributed by atoms with Gasteiger partial charge in [-0.05, 0) is 57.1 Å². The van der Waals surface area contributed by atoms with E-state index >= 15 is 0 Å². The molecule has 3 N–H and O–H groups in total. The van der Waals surface area contributed by atoms with Crippen LogP contribution >= 0.6 is 0 Å². The number of nitrogens with zero attached hydrogens (tertiary/aromatic N) is 4. The summed E-state index contributed by atoms with van der Waals surface area (Å²) in [6, 6.07) is 3.46. The minimum atomic E-state index is -0.405. The van der Waals surface area contributed by atoms with E-state index in [2.05, 4.69) is 25.6 Å². The van der Waals surface area contributed by atoms with Gasteiger partial charge in [0.2, 0.25) is 0 Å². The van der Waals surface area contributed by atoms with E-state index in [0.717, 1.165) is 25.9 Å². The molecular weight excluding hydrogens is 333 g/mol. The molecule has 1 aliphatic heterocycles. The first kappa shape index (κ1) is 16.6. The molecule has 0 amide bonds. The molecule has 3 aromatic rings. The normalized spacial score (nSPS) is 15.9. The summed E-state index contributed by atoms with van der Waals surface area (Å²) in [5, 5.41) is 23.4. The highest BCUT2D eigenvalue weighted by Gasteiger charge is 2.18. The van der Waals surface area contributed by atoms with Crippen LogP contribution in [0.15, 0.2) is 24.4 Å². The lowest BCUT2D eigenvalue weighted by Gasteiger charge is -2.22. The van der Waals surface area contributed by atoms with Gasteiger partial charge in [0.15, 0.2) is 11.6 Å². The molecule has 1 aliphatic rings. The van der Waals surface area contributed by atoms with Crippen molar-refractivity contribution in [3.8, 4) is 0 Å². The molecule has 1 fully saturated rings. The second kappa shape index (κ2) is 6.80. The Morgan fingerprint density at radius 3 is 2.88 bits per heavy atom. The first-order valence-corrected chi connectivity index (χ1v) is 8.65. The molecule has 0 atom stereocenters. The highest BCUT2D eigenvalue weighted by atomic mass is 19.1. The fraction of sp³-hybridized carbons (Fsp3) is 0.333. The number of fused-ring (bicyclic) bond motifs is 1. The molecule has 0 spiro atoms. The van der Waals surface area contributed by atoms with Gasteiger partial charge in [-0.15, -0.1) is 0 Å². The maximum atomic E-state index is 14.5. The van der Waals surface area contributed by atoms with Gasteiger partial charge in [0.05, 0.1) is 11.8 Å². The number of benzene rings is 1. The number of halogens is 1. The van der Waals surface area contributed by atoms with Gasteiger partial charge in [0.1, 0.15) is 11.3 Å². The van der Waals surface area contributed by atoms with E-state index in [1.807, 2.05) is 10.9 Å². The molecular formula is C18H20FN7. The van der Waals surface area contributed by atoms with Crippen molar-refractivity contribution in [2.24, 2.45) is 0 Å². The van der Waals surface area contributed by atoms with Crippen LogP contribution in [-0.2, 0) is 0 Å². The Morgan fingerprint density at radius 1 is 1.35 bits per heavy atom. The quantitative estimate of drug-likeness (QED) is 0.628. The van der Waals surface area contributed by atoms with Gasteiger partial charge in [0, 0.05) is 17.1 Å². The lowest BCUT2D eigenvalue weighted by atomic mass is 10.1. The lowest BCUT2D eigenvalue weighted by Crippen LogP contribution is -2.29. The van der Waals surface area contributed by atoms with E-state index in [-0.39, 0.29) is 5.71 Å². The number of H-pyrrole nitrogens is 1. The maximum Gasteiger partial charge on any atom is 0.173 e. The Hall–Kier alpha value is -2.87. The van der Waals surface area contributed by atoms with Crippen LogP contribution in [0.1, 0.15) is 36.1 Å². The summed E-state index contributed by atoms with van der Waals surface area (Å²) in [6.45, 7) is 3.70. The number of aromatic nitrogens is 5. The number of hydrogen-bond donors (Lipinski definition) is 3. The number of allylic oxidation sites excluding steroid dienone is 1. The van der Waals surface area contributed by atoms with Crippen LogP contribution in [-0.4, -0.2) is 43.8 Å². The molecule has 3 heterocycles. The average Bonchev–Trinajstić information content (AvgIpc) is 3.27. The average molecular weight is 353 g/mol. The zero-order chi connectivity index (χ0) is 18.1. The Labute approximate surface area is 149 Å². The van der Waals surface area contributed by atoms with Gasteiger partial charge in [-0.1, -0.05) is 0 Å². The van der Waals surface area contributed by atoms with Crippen molar-refractivity contribution in [3.63, 3.8) is 0 Å². The van der Waals surface area contributed by atoms with E-state index in [1.54, 1.807) is 25.1 Å². The Bertz CT molecular complexity index is 979. The number of nitrogens with one attached hydrogen (secondary N) is 3. The molecule has 2 aromatic heterocycles. The second-order valence-corrected chi connectivity index (χ2v) is 6.51. The Kier molecular flexibility index (Phi) is 4.34. The monoisotopic (exact) mass is 353 g/mol. The molecule has 0 aliphatic carbocycles. The van der Waals surface area contributed by atoms with Crippen LogP contribution in [0.3, 0.4) is 0 Å². The van der Waals surface area contributed by atoms with Crippen molar-refractivity contribution in [1.82, 2.24) is 30.3 Å². The first-order valence-electron chi connectivity index (χ1n) is 8.65. The van der Waals surface area contributed by atoms with Crippen LogP contribution in [0.5, 0.6) is 0 Å². The summed E-state index contributed by atoms with van der Waals surface area (Å²) in [4.78, 5) is 4.16. The Balaban J connectivity index is 1.61. The van der Waals surface area contributed by atoms with Crippen molar-refractivity contribution in [2.75, 3.05) is 13.1 Å². The summed E-state index contributed by atoms with van der Waals surface area (Å²) in [6.07, 6.45) is 7.05. The third kappa shape index (κ3) is 3.28. The summed E-state index contributed by atoms with van der Waals surface area (Å²) in [5.74, 6) is 0.790. The molecule has 0 radical (unpaired) electrons. The van der Waals surface area contributed by atoms with Gasteiger partial charge >= 0.3 is 0 Å². The highest BCUT2D eigenvalue weighted by Crippen LogP contribution is 2.24. The molecule has 8 heteroatoms. The number of hydrogen-bond acceptors (Lipinski definition) is 5. The fourth-order valence-electron chi connectivity index (χ4n) is 3.21. The zero-order valence-corrected chi connectivity index (χ0v) is 14.5. The lowest BCUT2D eigenvalue weighted by molar-refractivity contribution is 0.344. The summed E-state index contributed by atoms with van der Waals surface area (Å²) < 4.78 is 16.4. The molecule has 0 saturated carbocycles. The summed E-state index contributed by atoms with van der Waals surface area (Å²) in [5.41, 5.74) is 1.06. The maximum absolute atomic E-state index is 14.5. The van der Waals surface area contributed by atoms with Crippen molar-refractivity contribution >= 4 is 22.7 Å². The molecule has 7 nitrogen and oxygen atoms in total. The molecule has 1 aromatic carbocycles. The van der Waals surface area contributed by atoms with Crippen LogP contribution < -0.4 is 5.32 Å². The van der Waals surface area contributed by atoms with Crippen molar-refractivity contribution in [2.45, 2.75) is 25.8 Å². The first-order chi connectivity index (χ1) is 12.6. The predicted molar refractivity (Wildman–Crippen MR) is 97.8 cm³/mol. The van der Waals surface area contributed by atoms with E-state index in [4.69, 9.17) is 5.41 Å². The smallest absolute Gasteiger partial charge is 0.173 e. The van der Waals surface area contributed by atoms with E-state index in [9.17, 15) is 4.39 Å². The molecule has 0 unspecified atom stereocenters. The van der Waals surface area contributed by atoms with Crippen LogP contribution in [0.2, 0.25) is 0 Å². The SMILES string of the molecule is Cc1nc(/C=C\C(=N)c2cc(F)c3nn(C4CCNCC4)cc3c2)n[nH]1. The van der Waals surface area contributed by atoms with E-state index in [0.29, 0.717) is 34.2 Å². The number of rotatable bonds is 4. The minimum Gasteiger partial charge on any atom is -0.317 e. The van der Waals surface area contributed by atoms with Crippen LogP contribution in [0, 0.1) is 18.2 Å². The summed E-state index contributed by atoms with van der Waals surface area (Å²) in [7, 11) is 0. The zero-order valence-electron chi connectivity index (χ0n) is 14.5. The van der Waals surface area contributed by atoms with Gasteiger partial charge in [-0.2, -0.15) is 10.2 Å². The van der Waals surface area contributed by atoms with Crippen molar-refractivity contribution in [3.05, 3.63) is 47.4 Å². The largest absolute Gasteiger partial charge is 0.317 e. The molecule has 4 rings (SSSR count). The topological polar surface area (TPSA) is 95.3 Å². The van der Waals surface area contributed by atoms with Crippen molar-refractivity contribution < 1.29 is 4.39 Å². The van der Waals surface area contributed by atoms with E-state index < -0.39 is 5.82 Å². The standard InChI is InChI=1S/C18H20FN7/c1-11-22-17(24-23-11)3-2-16(20)12-8-13-10-26(14-4-6-21-7-5-14)25-18(13)15(19)9-12/h2-3,8-10,14,20-21H,4-7H2,1H3,(H,22,23,24)/b3-2-,20-16?. The fourth-order valence-corrected chi connectivity index (χ4v) is 3.21. The van der Waals surface area contributed by atoms with Gasteiger partial charge in [-0.3, -0.25) is 9.78 Å². The van der Waals surface area contributed by atoms with Crippen LogP contribution in [0.4, 0.5) is 4.39 Å². The van der Waals surface area contributed by atoms with Gasteiger partial charge in [0.25, 0.3) is 0 Å². The van der Waals surface area contributed by atoms with Crippen molar-refractivity contribution in [1.29, 1.82) is 5.41 Å². The minimum absolute atomic E-state index is 0.197. The predicted octanol–water partition coefficient (Wildman–Crippen LogP) is 2.61. The number of aryl methyl sites for hydroxylation is 1. The summed E-state index contributed by atoms with van der Waals surface area (Å²) >= 11 is 0. The van der Waals surface area contributed by atoms with Gasteiger partial charge < -0.3 is 10.7 Å².